The number of anilines is 1. The summed E-state index contributed by atoms with van der Waals surface area (Å²) in [6.45, 7) is 3.62. The molecule has 0 atom stereocenters. The maximum Gasteiger partial charge on any atom is 0.251 e. The van der Waals surface area contributed by atoms with Crippen molar-refractivity contribution in [2.45, 2.75) is 26.2 Å². The Morgan fingerprint density at radius 1 is 1.14 bits per heavy atom. The zero-order chi connectivity index (χ0) is 15.6. The minimum absolute atomic E-state index is 0.0463. The molecule has 2 rings (SSSR count). The fourth-order valence-electron chi connectivity index (χ4n) is 2.16. The standard InChI is InChI=1S/C18H23N3O/c1-2-11-19-17-14-16(10-13-20-17)18(22)21-12-6-9-15-7-4-3-5-8-15/h3-5,7-8,10,13-14H,2,6,9,11-12H2,1H3,(H,19,20)(H,21,22). The molecule has 0 saturated heterocycles. The third-order valence-corrected chi connectivity index (χ3v) is 3.35. The quantitative estimate of drug-likeness (QED) is 0.735. The number of amides is 1. The van der Waals surface area contributed by atoms with Crippen molar-refractivity contribution in [3.8, 4) is 0 Å². The first kappa shape index (κ1) is 16.0. The fraction of sp³-hybridized carbons (Fsp3) is 0.333. The SMILES string of the molecule is CCCNc1cc(C(=O)NCCCc2ccccc2)ccn1. The zero-order valence-electron chi connectivity index (χ0n) is 13.0. The molecule has 0 aliphatic carbocycles. The topological polar surface area (TPSA) is 54.0 Å². The van der Waals surface area contributed by atoms with E-state index in [4.69, 9.17) is 0 Å². The zero-order valence-corrected chi connectivity index (χ0v) is 13.0. The van der Waals surface area contributed by atoms with Gasteiger partial charge < -0.3 is 10.6 Å². The first-order valence-corrected chi connectivity index (χ1v) is 7.81. The van der Waals surface area contributed by atoms with E-state index in [1.54, 1.807) is 18.3 Å². The van der Waals surface area contributed by atoms with Crippen LogP contribution in [0, 0.1) is 0 Å². The number of pyridine rings is 1. The Hall–Kier alpha value is -2.36. The molecule has 1 aromatic heterocycles. The normalized spacial score (nSPS) is 10.2. The van der Waals surface area contributed by atoms with E-state index < -0.39 is 0 Å². The van der Waals surface area contributed by atoms with Crippen molar-refractivity contribution >= 4 is 11.7 Å². The highest BCUT2D eigenvalue weighted by atomic mass is 16.1. The van der Waals surface area contributed by atoms with E-state index in [0.717, 1.165) is 31.6 Å². The smallest absolute Gasteiger partial charge is 0.251 e. The van der Waals surface area contributed by atoms with Gasteiger partial charge in [-0.2, -0.15) is 0 Å². The molecule has 0 saturated carbocycles. The third kappa shape index (κ3) is 5.20. The van der Waals surface area contributed by atoms with Gasteiger partial charge in [0.15, 0.2) is 0 Å². The Labute approximate surface area is 132 Å². The van der Waals surface area contributed by atoms with E-state index in [0.29, 0.717) is 12.1 Å². The molecule has 1 heterocycles. The summed E-state index contributed by atoms with van der Waals surface area (Å²) in [5.74, 6) is 0.703. The molecule has 2 aromatic rings. The molecule has 116 valence electrons. The molecule has 0 fully saturated rings. The van der Waals surface area contributed by atoms with Crippen molar-refractivity contribution in [1.29, 1.82) is 0 Å². The van der Waals surface area contributed by atoms with Gasteiger partial charge in [-0.05, 0) is 37.0 Å². The van der Waals surface area contributed by atoms with E-state index in [1.807, 2.05) is 18.2 Å². The van der Waals surface area contributed by atoms with Crippen molar-refractivity contribution in [1.82, 2.24) is 10.3 Å². The van der Waals surface area contributed by atoms with Gasteiger partial charge in [-0.15, -0.1) is 0 Å². The second kappa shape index (κ2) is 8.82. The van der Waals surface area contributed by atoms with Crippen LogP contribution in [0.3, 0.4) is 0 Å². The maximum absolute atomic E-state index is 12.1. The van der Waals surface area contributed by atoms with E-state index in [-0.39, 0.29) is 5.91 Å². The number of aromatic nitrogens is 1. The molecule has 0 spiro atoms. The van der Waals surface area contributed by atoms with Crippen molar-refractivity contribution in [2.24, 2.45) is 0 Å². The number of rotatable bonds is 8. The van der Waals surface area contributed by atoms with Crippen LogP contribution in [0.2, 0.25) is 0 Å². The lowest BCUT2D eigenvalue weighted by Gasteiger charge is -2.08. The minimum atomic E-state index is -0.0463. The molecule has 0 radical (unpaired) electrons. The second-order valence-corrected chi connectivity index (χ2v) is 5.20. The third-order valence-electron chi connectivity index (χ3n) is 3.35. The predicted molar refractivity (Wildman–Crippen MR) is 90.1 cm³/mol. The van der Waals surface area contributed by atoms with Crippen LogP contribution in [0.5, 0.6) is 0 Å². The van der Waals surface area contributed by atoms with Crippen LogP contribution < -0.4 is 10.6 Å². The van der Waals surface area contributed by atoms with E-state index >= 15 is 0 Å². The fourth-order valence-corrected chi connectivity index (χ4v) is 2.16. The van der Waals surface area contributed by atoms with Crippen LogP contribution in [-0.2, 0) is 6.42 Å². The van der Waals surface area contributed by atoms with Crippen molar-refractivity contribution in [3.05, 3.63) is 59.8 Å². The molecule has 22 heavy (non-hydrogen) atoms. The van der Waals surface area contributed by atoms with Crippen molar-refractivity contribution in [3.63, 3.8) is 0 Å². The first-order valence-electron chi connectivity index (χ1n) is 7.81. The summed E-state index contributed by atoms with van der Waals surface area (Å²) >= 11 is 0. The molecule has 0 aliphatic heterocycles. The number of carbonyl (C=O) groups is 1. The lowest BCUT2D eigenvalue weighted by molar-refractivity contribution is 0.0953. The number of benzene rings is 1. The second-order valence-electron chi connectivity index (χ2n) is 5.20. The number of hydrogen-bond donors (Lipinski definition) is 2. The molecule has 1 aromatic carbocycles. The molecule has 4 nitrogen and oxygen atoms in total. The average molecular weight is 297 g/mol. The monoisotopic (exact) mass is 297 g/mol. The van der Waals surface area contributed by atoms with E-state index in [2.05, 4.69) is 34.7 Å². The highest BCUT2D eigenvalue weighted by molar-refractivity contribution is 5.94. The summed E-state index contributed by atoms with van der Waals surface area (Å²) < 4.78 is 0. The van der Waals surface area contributed by atoms with Gasteiger partial charge in [-0.3, -0.25) is 4.79 Å². The van der Waals surface area contributed by atoms with Crippen LogP contribution in [0.1, 0.15) is 35.7 Å². The summed E-state index contributed by atoms with van der Waals surface area (Å²) in [4.78, 5) is 16.3. The van der Waals surface area contributed by atoms with Crippen LogP contribution in [0.25, 0.3) is 0 Å². The number of nitrogens with one attached hydrogen (secondary N) is 2. The highest BCUT2D eigenvalue weighted by Crippen LogP contribution is 2.07. The van der Waals surface area contributed by atoms with Crippen molar-refractivity contribution < 1.29 is 4.79 Å². The summed E-state index contributed by atoms with van der Waals surface area (Å²) in [6.07, 6.45) is 4.59. The van der Waals surface area contributed by atoms with Gasteiger partial charge in [-0.25, -0.2) is 4.98 Å². The van der Waals surface area contributed by atoms with Gasteiger partial charge in [-0.1, -0.05) is 37.3 Å². The summed E-state index contributed by atoms with van der Waals surface area (Å²) in [7, 11) is 0. The minimum Gasteiger partial charge on any atom is -0.370 e. The maximum atomic E-state index is 12.1. The van der Waals surface area contributed by atoms with E-state index in [1.165, 1.54) is 5.56 Å². The van der Waals surface area contributed by atoms with Crippen LogP contribution in [-0.4, -0.2) is 24.0 Å². The number of aryl methyl sites for hydroxylation is 1. The van der Waals surface area contributed by atoms with Crippen LogP contribution in [0.15, 0.2) is 48.7 Å². The van der Waals surface area contributed by atoms with Gasteiger partial charge in [0.1, 0.15) is 5.82 Å². The molecular formula is C18H23N3O. The van der Waals surface area contributed by atoms with Gasteiger partial charge in [0.25, 0.3) is 5.91 Å². The van der Waals surface area contributed by atoms with Crippen LogP contribution in [0.4, 0.5) is 5.82 Å². The Morgan fingerprint density at radius 2 is 1.95 bits per heavy atom. The molecule has 0 aliphatic rings. The molecule has 0 unspecified atom stereocenters. The average Bonchev–Trinajstić information content (AvgIpc) is 2.58. The molecular weight excluding hydrogens is 274 g/mol. The van der Waals surface area contributed by atoms with Crippen LogP contribution >= 0.6 is 0 Å². The largest absolute Gasteiger partial charge is 0.370 e. The summed E-state index contributed by atoms with van der Waals surface area (Å²) in [6, 6.07) is 13.8. The molecule has 0 bridgehead atoms. The summed E-state index contributed by atoms with van der Waals surface area (Å²) in [5.41, 5.74) is 1.94. The lowest BCUT2D eigenvalue weighted by atomic mass is 10.1. The number of carbonyl (C=O) groups excluding carboxylic acids is 1. The molecule has 2 N–H and O–H groups in total. The predicted octanol–water partition coefficient (Wildman–Crippen LogP) is 3.27. The lowest BCUT2D eigenvalue weighted by Crippen LogP contribution is -2.25. The molecule has 4 heteroatoms. The van der Waals surface area contributed by atoms with Gasteiger partial charge in [0.2, 0.25) is 0 Å². The van der Waals surface area contributed by atoms with E-state index in [9.17, 15) is 4.79 Å². The number of hydrogen-bond acceptors (Lipinski definition) is 3. The molecule has 1 amide bonds. The Bertz CT molecular complexity index is 584. The Kier molecular flexibility index (Phi) is 6.42. The summed E-state index contributed by atoms with van der Waals surface area (Å²) in [5, 5.41) is 6.15. The van der Waals surface area contributed by atoms with Gasteiger partial charge >= 0.3 is 0 Å². The van der Waals surface area contributed by atoms with Crippen molar-refractivity contribution in [2.75, 3.05) is 18.4 Å². The van der Waals surface area contributed by atoms with Gasteiger partial charge in [0.05, 0.1) is 0 Å². The Balaban J connectivity index is 1.77. The first-order chi connectivity index (χ1) is 10.8. The Morgan fingerprint density at radius 3 is 2.73 bits per heavy atom. The number of nitrogens with zero attached hydrogens (tertiary/aromatic N) is 1. The van der Waals surface area contributed by atoms with Gasteiger partial charge in [0, 0.05) is 24.8 Å². The highest BCUT2D eigenvalue weighted by Gasteiger charge is 2.06.